The Morgan fingerprint density at radius 2 is 1.86 bits per heavy atom. The minimum absolute atomic E-state index is 0.0253. The molecule has 146 valence electrons. The van der Waals surface area contributed by atoms with Crippen molar-refractivity contribution in [2.45, 2.75) is 12.8 Å². The zero-order chi connectivity index (χ0) is 19.5. The summed E-state index contributed by atoms with van der Waals surface area (Å²) in [4.78, 5) is 26.8. The molecule has 6 nitrogen and oxygen atoms in total. The molecule has 7 heteroatoms. The Morgan fingerprint density at radius 1 is 1.14 bits per heavy atom. The number of hydrogen-bond acceptors (Lipinski definition) is 4. The van der Waals surface area contributed by atoms with Gasteiger partial charge >= 0.3 is 0 Å². The van der Waals surface area contributed by atoms with Gasteiger partial charge in [-0.15, -0.1) is 0 Å². The van der Waals surface area contributed by atoms with Crippen molar-refractivity contribution in [1.82, 2.24) is 4.90 Å². The molecule has 28 heavy (non-hydrogen) atoms. The molecular formula is C21H21BrN2O4. The number of carbonyl (C=O) groups excluding carboxylic acids is 2. The maximum absolute atomic E-state index is 12.7. The summed E-state index contributed by atoms with van der Waals surface area (Å²) >= 11 is 3.46. The van der Waals surface area contributed by atoms with Gasteiger partial charge in [0, 0.05) is 36.1 Å². The van der Waals surface area contributed by atoms with Crippen LogP contribution in [0.4, 0.5) is 5.69 Å². The molecule has 2 amide bonds. The number of benzene rings is 2. The number of hydrogen-bond donors (Lipinski definition) is 1. The fourth-order valence-corrected chi connectivity index (χ4v) is 3.89. The molecule has 0 aromatic heterocycles. The van der Waals surface area contributed by atoms with Crippen molar-refractivity contribution in [3.8, 4) is 11.5 Å². The number of nitrogens with zero attached hydrogens (tertiary/aromatic N) is 1. The van der Waals surface area contributed by atoms with Gasteiger partial charge in [-0.05, 0) is 27.9 Å². The number of amides is 2. The van der Waals surface area contributed by atoms with Crippen LogP contribution in [-0.4, -0.2) is 43.0 Å². The fourth-order valence-electron chi connectivity index (χ4n) is 3.47. The molecule has 1 N–H and O–H groups in total. The van der Waals surface area contributed by atoms with Gasteiger partial charge in [-0.3, -0.25) is 9.59 Å². The van der Waals surface area contributed by atoms with Gasteiger partial charge in [0.1, 0.15) is 13.2 Å². The third kappa shape index (κ3) is 4.14. The van der Waals surface area contributed by atoms with E-state index in [-0.39, 0.29) is 24.2 Å². The maximum atomic E-state index is 12.7. The standard InChI is InChI=1S/C21H21BrN2O4/c22-16-11-18-19(28-9-8-27-18)12-17(16)23-21(26)15-10-20(25)24(13-15)7-6-14-4-2-1-3-5-14/h1-5,11-12,15H,6-10,13H2,(H,23,26). The summed E-state index contributed by atoms with van der Waals surface area (Å²) in [5, 5.41) is 2.92. The average molecular weight is 445 g/mol. The van der Waals surface area contributed by atoms with Crippen LogP contribution in [0.3, 0.4) is 0 Å². The molecule has 0 radical (unpaired) electrons. The lowest BCUT2D eigenvalue weighted by atomic mass is 10.1. The Morgan fingerprint density at radius 3 is 2.61 bits per heavy atom. The highest BCUT2D eigenvalue weighted by atomic mass is 79.9. The maximum Gasteiger partial charge on any atom is 0.229 e. The minimum Gasteiger partial charge on any atom is -0.486 e. The van der Waals surface area contributed by atoms with Crippen molar-refractivity contribution in [1.29, 1.82) is 0 Å². The van der Waals surface area contributed by atoms with Crippen LogP contribution >= 0.6 is 15.9 Å². The second-order valence-electron chi connectivity index (χ2n) is 6.94. The zero-order valence-corrected chi connectivity index (χ0v) is 16.9. The molecule has 1 saturated heterocycles. The normalized spacial score (nSPS) is 18.2. The summed E-state index contributed by atoms with van der Waals surface area (Å²) < 4.78 is 11.8. The van der Waals surface area contributed by atoms with E-state index < -0.39 is 0 Å². The number of ether oxygens (including phenoxy) is 2. The van der Waals surface area contributed by atoms with Crippen molar-refractivity contribution in [3.05, 3.63) is 52.5 Å². The van der Waals surface area contributed by atoms with E-state index in [1.54, 1.807) is 17.0 Å². The Hall–Kier alpha value is -2.54. The van der Waals surface area contributed by atoms with Crippen LogP contribution in [0, 0.1) is 5.92 Å². The van der Waals surface area contributed by atoms with E-state index in [0.29, 0.717) is 43.5 Å². The van der Waals surface area contributed by atoms with Gasteiger partial charge in [0.05, 0.1) is 11.6 Å². The number of likely N-dealkylation sites (tertiary alicyclic amines) is 1. The Bertz CT molecular complexity index is 887. The van der Waals surface area contributed by atoms with Crippen LogP contribution in [0.2, 0.25) is 0 Å². The third-order valence-electron chi connectivity index (χ3n) is 4.99. The van der Waals surface area contributed by atoms with E-state index >= 15 is 0 Å². The summed E-state index contributed by atoms with van der Waals surface area (Å²) in [6.45, 7) is 2.06. The number of anilines is 1. The molecule has 1 atom stereocenters. The van der Waals surface area contributed by atoms with Crippen molar-refractivity contribution in [3.63, 3.8) is 0 Å². The lowest BCUT2D eigenvalue weighted by Gasteiger charge is -2.20. The fraction of sp³-hybridized carbons (Fsp3) is 0.333. The molecule has 1 unspecified atom stereocenters. The molecule has 1 fully saturated rings. The van der Waals surface area contributed by atoms with E-state index in [9.17, 15) is 9.59 Å². The van der Waals surface area contributed by atoms with Crippen molar-refractivity contribution in [2.24, 2.45) is 5.92 Å². The summed E-state index contributed by atoms with van der Waals surface area (Å²) in [6.07, 6.45) is 1.03. The van der Waals surface area contributed by atoms with Crippen molar-refractivity contribution >= 4 is 33.4 Å². The van der Waals surface area contributed by atoms with Crippen molar-refractivity contribution < 1.29 is 19.1 Å². The Balaban J connectivity index is 1.37. The average Bonchev–Trinajstić information content (AvgIpc) is 3.08. The van der Waals surface area contributed by atoms with Gasteiger partial charge in [0.15, 0.2) is 11.5 Å². The van der Waals surface area contributed by atoms with Crippen LogP contribution in [0.15, 0.2) is 46.9 Å². The molecule has 0 saturated carbocycles. The first-order valence-electron chi connectivity index (χ1n) is 9.32. The Kier molecular flexibility index (Phi) is 5.52. The highest BCUT2D eigenvalue weighted by Crippen LogP contribution is 2.38. The molecular weight excluding hydrogens is 424 g/mol. The summed E-state index contributed by atoms with van der Waals surface area (Å²) in [5.41, 5.74) is 1.80. The van der Waals surface area contributed by atoms with Gasteiger partial charge in [-0.25, -0.2) is 0 Å². The van der Waals surface area contributed by atoms with Gasteiger partial charge in [0.2, 0.25) is 11.8 Å². The smallest absolute Gasteiger partial charge is 0.229 e. The van der Waals surface area contributed by atoms with Crippen LogP contribution < -0.4 is 14.8 Å². The topological polar surface area (TPSA) is 67.9 Å². The van der Waals surface area contributed by atoms with Gasteiger partial charge in [0.25, 0.3) is 0 Å². The van der Waals surface area contributed by atoms with Crippen LogP contribution in [0.25, 0.3) is 0 Å². The highest BCUT2D eigenvalue weighted by molar-refractivity contribution is 9.10. The number of fused-ring (bicyclic) bond motifs is 1. The second-order valence-corrected chi connectivity index (χ2v) is 7.80. The predicted octanol–water partition coefficient (Wildman–Crippen LogP) is 3.25. The lowest BCUT2D eigenvalue weighted by molar-refractivity contribution is -0.128. The molecule has 0 aliphatic carbocycles. The molecule has 2 heterocycles. The molecule has 0 bridgehead atoms. The van der Waals surface area contributed by atoms with E-state index in [1.807, 2.05) is 30.3 Å². The van der Waals surface area contributed by atoms with Gasteiger partial charge in [-0.1, -0.05) is 30.3 Å². The first kappa shape index (κ1) is 18.8. The van der Waals surface area contributed by atoms with E-state index in [4.69, 9.17) is 9.47 Å². The number of nitrogens with one attached hydrogen (secondary N) is 1. The monoisotopic (exact) mass is 444 g/mol. The SMILES string of the molecule is O=C(Nc1cc2c(cc1Br)OCCO2)C1CC(=O)N(CCc2ccccc2)C1. The minimum atomic E-state index is -0.358. The van der Waals surface area contributed by atoms with Crippen LogP contribution in [-0.2, 0) is 16.0 Å². The summed E-state index contributed by atoms with van der Waals surface area (Å²) in [6, 6.07) is 13.6. The quantitative estimate of drug-likeness (QED) is 0.768. The van der Waals surface area contributed by atoms with Crippen molar-refractivity contribution in [2.75, 3.05) is 31.6 Å². The van der Waals surface area contributed by atoms with E-state index in [1.165, 1.54) is 5.56 Å². The number of rotatable bonds is 5. The molecule has 0 spiro atoms. The van der Waals surface area contributed by atoms with E-state index in [0.717, 1.165) is 10.9 Å². The Labute approximate surface area is 171 Å². The molecule has 2 aliphatic rings. The third-order valence-corrected chi connectivity index (χ3v) is 5.64. The van der Waals surface area contributed by atoms with E-state index in [2.05, 4.69) is 21.2 Å². The zero-order valence-electron chi connectivity index (χ0n) is 15.3. The van der Waals surface area contributed by atoms with Crippen LogP contribution in [0.5, 0.6) is 11.5 Å². The van der Waals surface area contributed by atoms with Crippen LogP contribution in [0.1, 0.15) is 12.0 Å². The number of halogens is 1. The molecule has 2 aromatic rings. The first-order chi connectivity index (χ1) is 13.6. The summed E-state index contributed by atoms with van der Waals surface area (Å²) in [7, 11) is 0. The molecule has 2 aliphatic heterocycles. The molecule has 4 rings (SSSR count). The number of carbonyl (C=O) groups is 2. The summed E-state index contributed by atoms with van der Waals surface area (Å²) in [5.74, 6) is 0.768. The van der Waals surface area contributed by atoms with Gasteiger partial charge < -0.3 is 19.7 Å². The molecule has 2 aromatic carbocycles. The lowest BCUT2D eigenvalue weighted by Crippen LogP contribution is -2.30. The highest BCUT2D eigenvalue weighted by Gasteiger charge is 2.34. The second kappa shape index (κ2) is 8.22. The largest absolute Gasteiger partial charge is 0.486 e. The first-order valence-corrected chi connectivity index (χ1v) is 10.1. The predicted molar refractivity (Wildman–Crippen MR) is 109 cm³/mol. The van der Waals surface area contributed by atoms with Gasteiger partial charge in [-0.2, -0.15) is 0 Å².